The molecule has 0 unspecified atom stereocenters. The summed E-state index contributed by atoms with van der Waals surface area (Å²) >= 11 is 7.06. The molecule has 5 nitrogen and oxygen atoms in total. The van der Waals surface area contributed by atoms with Gasteiger partial charge in [0.05, 0.1) is 5.69 Å². The number of benzene rings is 2. The zero-order chi connectivity index (χ0) is 19.8. The van der Waals surface area contributed by atoms with Gasteiger partial charge in [-0.1, -0.05) is 23.7 Å². The van der Waals surface area contributed by atoms with Gasteiger partial charge in [-0.25, -0.2) is 0 Å². The van der Waals surface area contributed by atoms with Crippen LogP contribution in [0.4, 0.5) is 14.5 Å². The Kier molecular flexibility index (Phi) is 7.87. The predicted octanol–water partition coefficient (Wildman–Crippen LogP) is 4.60. The number of amides is 1. The maximum absolute atomic E-state index is 12.4. The molecule has 2 aromatic carbocycles. The quantitative estimate of drug-likeness (QED) is 0.504. The van der Waals surface area contributed by atoms with E-state index in [1.807, 2.05) is 0 Å². The summed E-state index contributed by atoms with van der Waals surface area (Å²) in [6.07, 6.45) is 0. The summed E-state index contributed by atoms with van der Waals surface area (Å²) in [7, 11) is 0. The molecule has 0 bridgehead atoms. The van der Waals surface area contributed by atoms with E-state index >= 15 is 0 Å². The van der Waals surface area contributed by atoms with Crippen molar-refractivity contribution in [3.63, 3.8) is 0 Å². The monoisotopic (exact) mass is 415 g/mol. The Bertz CT molecular complexity index is 789. The Morgan fingerprint density at radius 2 is 1.81 bits per heavy atom. The van der Waals surface area contributed by atoms with Crippen LogP contribution in [0.15, 0.2) is 53.4 Å². The Morgan fingerprint density at radius 1 is 1.15 bits per heavy atom. The third-order valence-electron chi connectivity index (χ3n) is 3.18. The summed E-state index contributed by atoms with van der Waals surface area (Å²) in [6.45, 7) is -1.93. The molecule has 27 heavy (non-hydrogen) atoms. The molecule has 0 spiro atoms. The van der Waals surface area contributed by atoms with Gasteiger partial charge in [-0.2, -0.15) is 8.78 Å². The van der Waals surface area contributed by atoms with E-state index in [0.29, 0.717) is 5.02 Å². The first kappa shape index (κ1) is 21.0. The van der Waals surface area contributed by atoms with Gasteiger partial charge in [0.2, 0.25) is 0 Å². The van der Waals surface area contributed by atoms with E-state index in [9.17, 15) is 18.4 Å². The van der Waals surface area contributed by atoms with Crippen LogP contribution in [-0.2, 0) is 14.3 Å². The van der Waals surface area contributed by atoms with Crippen molar-refractivity contribution in [1.29, 1.82) is 0 Å². The normalized spacial score (nSPS) is 11.7. The number of esters is 1. The Morgan fingerprint density at radius 3 is 2.48 bits per heavy atom. The SMILES string of the molecule is C[C@@H](Sc1ccc(Cl)cc1)C(=O)OCC(=O)Nc1ccccc1OC(F)F. The van der Waals surface area contributed by atoms with Gasteiger partial charge >= 0.3 is 12.6 Å². The number of carbonyl (C=O) groups excluding carboxylic acids is 2. The van der Waals surface area contributed by atoms with E-state index in [0.717, 1.165) is 4.90 Å². The number of anilines is 1. The molecule has 1 atom stereocenters. The van der Waals surface area contributed by atoms with Crippen molar-refractivity contribution in [1.82, 2.24) is 0 Å². The van der Waals surface area contributed by atoms with Gasteiger partial charge < -0.3 is 14.8 Å². The molecule has 144 valence electrons. The standard InChI is InChI=1S/C18H16ClF2NO4S/c1-11(27-13-8-6-12(19)7-9-13)17(24)25-10-16(23)22-14-4-2-3-5-15(14)26-18(20)21/h2-9,11,18H,10H2,1H3,(H,22,23)/t11-/m1/s1. The number of para-hydroxylation sites is 2. The first-order valence-corrected chi connectivity index (χ1v) is 9.03. The van der Waals surface area contributed by atoms with E-state index in [4.69, 9.17) is 16.3 Å². The number of alkyl halides is 2. The topological polar surface area (TPSA) is 64.6 Å². The number of halogens is 3. The van der Waals surface area contributed by atoms with Gasteiger partial charge in [0.25, 0.3) is 5.91 Å². The van der Waals surface area contributed by atoms with Crippen LogP contribution in [0.3, 0.4) is 0 Å². The summed E-state index contributed by atoms with van der Waals surface area (Å²) in [5, 5.41) is 2.41. The lowest BCUT2D eigenvalue weighted by molar-refractivity contribution is -0.146. The lowest BCUT2D eigenvalue weighted by Crippen LogP contribution is -2.25. The highest BCUT2D eigenvalue weighted by molar-refractivity contribution is 8.00. The average molecular weight is 416 g/mol. The Balaban J connectivity index is 1.84. The third-order valence-corrected chi connectivity index (χ3v) is 4.52. The molecule has 2 rings (SSSR count). The molecule has 0 saturated heterocycles. The van der Waals surface area contributed by atoms with Gasteiger partial charge in [-0.3, -0.25) is 9.59 Å². The van der Waals surface area contributed by atoms with Crippen LogP contribution in [0.25, 0.3) is 0 Å². The molecule has 0 aromatic heterocycles. The first-order valence-electron chi connectivity index (χ1n) is 7.77. The van der Waals surface area contributed by atoms with Gasteiger partial charge in [0, 0.05) is 9.92 Å². The van der Waals surface area contributed by atoms with Gasteiger partial charge in [-0.05, 0) is 43.3 Å². The van der Waals surface area contributed by atoms with Crippen LogP contribution in [0.2, 0.25) is 5.02 Å². The van der Waals surface area contributed by atoms with E-state index in [2.05, 4.69) is 10.1 Å². The van der Waals surface area contributed by atoms with Crippen LogP contribution >= 0.6 is 23.4 Å². The molecule has 2 aromatic rings. The zero-order valence-electron chi connectivity index (χ0n) is 14.2. The minimum absolute atomic E-state index is 0.0578. The van der Waals surface area contributed by atoms with Gasteiger partial charge in [0.1, 0.15) is 11.0 Å². The summed E-state index contributed by atoms with van der Waals surface area (Å²) < 4.78 is 34.0. The maximum Gasteiger partial charge on any atom is 0.387 e. The molecule has 0 aliphatic heterocycles. The number of hydrogen-bond acceptors (Lipinski definition) is 5. The Labute approximate surface area is 164 Å². The van der Waals surface area contributed by atoms with Crippen LogP contribution in [0, 0.1) is 0 Å². The number of carbonyl (C=O) groups is 2. The fourth-order valence-electron chi connectivity index (χ4n) is 1.97. The molecule has 0 saturated carbocycles. The lowest BCUT2D eigenvalue weighted by atomic mass is 10.3. The molecule has 9 heteroatoms. The molecule has 0 aliphatic carbocycles. The number of thioether (sulfide) groups is 1. The largest absolute Gasteiger partial charge is 0.455 e. The highest BCUT2D eigenvalue weighted by Crippen LogP contribution is 2.26. The highest BCUT2D eigenvalue weighted by atomic mass is 35.5. The van der Waals surface area contributed by atoms with Crippen LogP contribution < -0.4 is 10.1 Å². The van der Waals surface area contributed by atoms with E-state index in [1.165, 1.54) is 30.0 Å². The molecule has 0 fully saturated rings. The second-order valence-electron chi connectivity index (χ2n) is 5.24. The van der Waals surface area contributed by atoms with Crippen molar-refractivity contribution in [2.75, 3.05) is 11.9 Å². The first-order chi connectivity index (χ1) is 12.8. The van der Waals surface area contributed by atoms with Crippen LogP contribution in [0.1, 0.15) is 6.92 Å². The van der Waals surface area contributed by atoms with Crippen molar-refractivity contribution < 1.29 is 27.8 Å². The number of ether oxygens (including phenoxy) is 2. The van der Waals surface area contributed by atoms with Gasteiger partial charge in [-0.15, -0.1) is 11.8 Å². The number of hydrogen-bond donors (Lipinski definition) is 1. The van der Waals surface area contributed by atoms with Crippen LogP contribution in [-0.4, -0.2) is 30.3 Å². The summed E-state index contributed by atoms with van der Waals surface area (Å²) in [5.41, 5.74) is 0.0578. The van der Waals surface area contributed by atoms with Crippen LogP contribution in [0.5, 0.6) is 5.75 Å². The molecule has 1 amide bonds. The van der Waals surface area contributed by atoms with E-state index < -0.39 is 30.3 Å². The highest BCUT2D eigenvalue weighted by Gasteiger charge is 2.18. The minimum atomic E-state index is -3.02. The smallest absolute Gasteiger partial charge is 0.387 e. The fourth-order valence-corrected chi connectivity index (χ4v) is 2.97. The van der Waals surface area contributed by atoms with Crippen molar-refractivity contribution in [2.24, 2.45) is 0 Å². The van der Waals surface area contributed by atoms with E-state index in [1.54, 1.807) is 37.3 Å². The predicted molar refractivity (Wildman–Crippen MR) is 99.4 cm³/mol. The minimum Gasteiger partial charge on any atom is -0.455 e. The Hall–Kier alpha value is -2.32. The number of rotatable bonds is 8. The number of nitrogens with one attached hydrogen (secondary N) is 1. The maximum atomic E-state index is 12.4. The zero-order valence-corrected chi connectivity index (χ0v) is 15.7. The molecular weight excluding hydrogens is 400 g/mol. The third kappa shape index (κ3) is 7.07. The summed E-state index contributed by atoms with van der Waals surface area (Å²) in [6, 6.07) is 12.7. The summed E-state index contributed by atoms with van der Waals surface area (Å²) in [4.78, 5) is 24.8. The van der Waals surface area contributed by atoms with Crippen molar-refractivity contribution in [3.05, 3.63) is 53.6 Å². The molecule has 1 N–H and O–H groups in total. The lowest BCUT2D eigenvalue weighted by Gasteiger charge is -2.13. The van der Waals surface area contributed by atoms with Crippen molar-refractivity contribution in [3.8, 4) is 5.75 Å². The average Bonchev–Trinajstić information content (AvgIpc) is 2.62. The van der Waals surface area contributed by atoms with Crippen molar-refractivity contribution >= 4 is 40.9 Å². The molecule has 0 radical (unpaired) electrons. The molecular formula is C18H16ClF2NO4S. The summed E-state index contributed by atoms with van der Waals surface area (Å²) in [5.74, 6) is -1.43. The van der Waals surface area contributed by atoms with Crippen molar-refractivity contribution in [2.45, 2.75) is 23.7 Å². The molecule has 0 aliphatic rings. The second kappa shape index (κ2) is 10.1. The van der Waals surface area contributed by atoms with E-state index in [-0.39, 0.29) is 11.4 Å². The second-order valence-corrected chi connectivity index (χ2v) is 7.10. The fraction of sp³-hybridized carbons (Fsp3) is 0.222. The van der Waals surface area contributed by atoms with Gasteiger partial charge in [0.15, 0.2) is 6.61 Å². The molecule has 0 heterocycles.